The minimum Gasteiger partial charge on any atom is -0.311 e. The zero-order valence-electron chi connectivity index (χ0n) is 32.0. The summed E-state index contributed by atoms with van der Waals surface area (Å²) in [5.41, 5.74) is 10.8. The number of thiophene rings is 2. The largest absolute Gasteiger partial charge is 0.311 e. The molecule has 10 aromatic carbocycles. The second-order valence-electron chi connectivity index (χ2n) is 15.2. The third-order valence-electron chi connectivity index (χ3n) is 11.9. The summed E-state index contributed by atoms with van der Waals surface area (Å²) in [5, 5.41) is 10.4. The predicted molar refractivity (Wildman–Crippen MR) is 258 cm³/mol. The van der Waals surface area contributed by atoms with E-state index in [1.165, 1.54) is 95.3 Å². The molecule has 0 saturated carbocycles. The Morgan fingerprint density at radius 2 is 0.661 bits per heavy atom. The molecule has 0 saturated heterocycles. The highest BCUT2D eigenvalue weighted by atomic mass is 32.1. The molecule has 0 N–H and O–H groups in total. The maximum atomic E-state index is 2.38. The van der Waals surface area contributed by atoms with Crippen LogP contribution in [0.5, 0.6) is 0 Å². The third-order valence-corrected chi connectivity index (χ3v) is 14.3. The predicted octanol–water partition coefficient (Wildman–Crippen LogP) is 17.2. The molecule has 0 aliphatic rings. The molecule has 12 rings (SSSR count). The van der Waals surface area contributed by atoms with Crippen molar-refractivity contribution in [2.24, 2.45) is 0 Å². The van der Waals surface area contributed by atoms with E-state index in [1.54, 1.807) is 0 Å². The van der Waals surface area contributed by atoms with E-state index in [4.69, 9.17) is 0 Å². The Morgan fingerprint density at radius 1 is 0.271 bits per heavy atom. The Morgan fingerprint density at radius 3 is 1.20 bits per heavy atom. The molecule has 0 amide bonds. The Kier molecular flexibility index (Phi) is 7.97. The van der Waals surface area contributed by atoms with E-state index in [1.807, 2.05) is 22.7 Å². The minimum atomic E-state index is 1.11. The van der Waals surface area contributed by atoms with Crippen LogP contribution in [0.2, 0.25) is 0 Å². The van der Waals surface area contributed by atoms with Crippen molar-refractivity contribution < 1.29 is 0 Å². The first-order valence-electron chi connectivity index (χ1n) is 20.1. The van der Waals surface area contributed by atoms with Crippen molar-refractivity contribution in [2.45, 2.75) is 0 Å². The van der Waals surface area contributed by atoms with Crippen molar-refractivity contribution in [3.8, 4) is 33.4 Å². The van der Waals surface area contributed by atoms with Gasteiger partial charge in [-0.05, 0) is 103 Å². The third kappa shape index (κ3) is 5.66. The highest BCUT2D eigenvalue weighted by Crippen LogP contribution is 2.44. The molecule has 0 atom stereocenters. The van der Waals surface area contributed by atoms with Gasteiger partial charge in [0.15, 0.2) is 0 Å². The normalized spacial score (nSPS) is 11.7. The van der Waals surface area contributed by atoms with Crippen LogP contribution in [0.3, 0.4) is 0 Å². The fraction of sp³-hybridized carbons (Fsp3) is 0. The summed E-state index contributed by atoms with van der Waals surface area (Å²) in [4.78, 5) is 2.38. The van der Waals surface area contributed by atoms with Gasteiger partial charge in [-0.25, -0.2) is 0 Å². The van der Waals surface area contributed by atoms with Gasteiger partial charge in [-0.3, -0.25) is 0 Å². The SMILES string of the molecule is c1ccc2c(c1)ccc1cccc(-c3ccc(N(c4ccc(-c5cccc6c5sc5ccccc56)cc4)c4ccc(-c5cccc6c5sc5ccccc56)cc4)cc3)c12. The Labute approximate surface area is 350 Å². The van der Waals surface area contributed by atoms with Crippen LogP contribution >= 0.6 is 22.7 Å². The quantitative estimate of drug-likeness (QED) is 0.152. The zero-order chi connectivity index (χ0) is 38.9. The van der Waals surface area contributed by atoms with Crippen LogP contribution in [0.25, 0.3) is 95.3 Å². The number of hydrogen-bond acceptors (Lipinski definition) is 3. The fourth-order valence-electron chi connectivity index (χ4n) is 9.07. The van der Waals surface area contributed by atoms with Crippen LogP contribution in [0.1, 0.15) is 0 Å². The molecule has 1 nitrogen and oxygen atoms in total. The molecule has 0 aliphatic carbocycles. The first kappa shape index (κ1) is 34.0. The van der Waals surface area contributed by atoms with E-state index in [-0.39, 0.29) is 0 Å². The molecule has 0 bridgehead atoms. The van der Waals surface area contributed by atoms with E-state index < -0.39 is 0 Å². The molecule has 3 heteroatoms. The molecule has 12 aromatic rings. The monoisotopic (exact) mass is 785 g/mol. The first-order chi connectivity index (χ1) is 29.2. The van der Waals surface area contributed by atoms with Crippen LogP contribution in [0.4, 0.5) is 17.1 Å². The number of rotatable bonds is 6. The Bertz CT molecular complexity index is 3380. The maximum Gasteiger partial charge on any atom is 0.0462 e. The maximum absolute atomic E-state index is 2.38. The van der Waals surface area contributed by atoms with Gasteiger partial charge in [0.1, 0.15) is 0 Å². The molecule has 0 radical (unpaired) electrons. The molecule has 2 aromatic heterocycles. The summed E-state index contributed by atoms with van der Waals surface area (Å²) in [7, 11) is 0. The topological polar surface area (TPSA) is 3.24 Å². The summed E-state index contributed by atoms with van der Waals surface area (Å²) in [5.74, 6) is 0. The van der Waals surface area contributed by atoms with E-state index in [0.717, 1.165) is 17.1 Å². The van der Waals surface area contributed by atoms with Gasteiger partial charge in [-0.2, -0.15) is 0 Å². The highest BCUT2D eigenvalue weighted by molar-refractivity contribution is 7.26. The van der Waals surface area contributed by atoms with Crippen LogP contribution in [0, 0.1) is 0 Å². The molecule has 59 heavy (non-hydrogen) atoms. The first-order valence-corrected chi connectivity index (χ1v) is 21.7. The summed E-state index contributed by atoms with van der Waals surface area (Å²) in [6, 6.07) is 78.1. The lowest BCUT2D eigenvalue weighted by Crippen LogP contribution is -2.09. The van der Waals surface area contributed by atoms with Gasteiger partial charge in [0.2, 0.25) is 0 Å². The zero-order valence-corrected chi connectivity index (χ0v) is 33.6. The van der Waals surface area contributed by atoms with E-state index >= 15 is 0 Å². The van der Waals surface area contributed by atoms with Crippen molar-refractivity contribution in [3.63, 3.8) is 0 Å². The second-order valence-corrected chi connectivity index (χ2v) is 17.3. The van der Waals surface area contributed by atoms with E-state index in [0.29, 0.717) is 0 Å². The molecule has 2 heterocycles. The molecule has 0 unspecified atom stereocenters. The lowest BCUT2D eigenvalue weighted by atomic mass is 9.93. The average molecular weight is 786 g/mol. The number of hydrogen-bond donors (Lipinski definition) is 0. The standard InChI is InChI=1S/C56H35NS2/c1-2-12-44-36(10-1)22-23-40-11-7-15-45(54(40)44)37-24-30-41(31-25-37)57(42-32-26-38(27-33-42)46-16-8-18-50-48-13-3-5-20-52(48)58-55(46)50)43-34-28-39(29-35-43)47-17-9-19-51-49-14-4-6-21-53(49)59-56(47)51/h1-35H. The van der Waals surface area contributed by atoms with Gasteiger partial charge in [0.05, 0.1) is 0 Å². The van der Waals surface area contributed by atoms with Crippen molar-refractivity contribution >= 4 is 102 Å². The van der Waals surface area contributed by atoms with Crippen LogP contribution < -0.4 is 4.90 Å². The Balaban J connectivity index is 0.967. The van der Waals surface area contributed by atoms with Gasteiger partial charge >= 0.3 is 0 Å². The molecule has 0 spiro atoms. The number of nitrogens with zero attached hydrogens (tertiary/aromatic N) is 1. The Hall–Kier alpha value is -7.04. The molecule has 276 valence electrons. The smallest absolute Gasteiger partial charge is 0.0462 e. The van der Waals surface area contributed by atoms with Crippen LogP contribution in [-0.4, -0.2) is 0 Å². The van der Waals surface area contributed by atoms with E-state index in [2.05, 4.69) is 217 Å². The van der Waals surface area contributed by atoms with Crippen molar-refractivity contribution in [2.75, 3.05) is 4.90 Å². The van der Waals surface area contributed by atoms with Crippen LogP contribution in [-0.2, 0) is 0 Å². The van der Waals surface area contributed by atoms with Crippen molar-refractivity contribution in [1.82, 2.24) is 0 Å². The van der Waals surface area contributed by atoms with Crippen molar-refractivity contribution in [3.05, 3.63) is 212 Å². The second kappa shape index (κ2) is 13.8. The molecular weight excluding hydrogens is 751 g/mol. The lowest BCUT2D eigenvalue weighted by Gasteiger charge is -2.26. The van der Waals surface area contributed by atoms with Gasteiger partial charge in [-0.1, -0.05) is 164 Å². The molecule has 0 fully saturated rings. The summed E-state index contributed by atoms with van der Waals surface area (Å²) < 4.78 is 5.31. The summed E-state index contributed by atoms with van der Waals surface area (Å²) in [6.45, 7) is 0. The van der Waals surface area contributed by atoms with Gasteiger partial charge < -0.3 is 4.90 Å². The van der Waals surface area contributed by atoms with Crippen molar-refractivity contribution in [1.29, 1.82) is 0 Å². The van der Waals surface area contributed by atoms with Gasteiger partial charge in [-0.15, -0.1) is 22.7 Å². The lowest BCUT2D eigenvalue weighted by molar-refractivity contribution is 1.28. The molecule has 0 aliphatic heterocycles. The summed E-state index contributed by atoms with van der Waals surface area (Å²) in [6.07, 6.45) is 0. The fourth-order valence-corrected chi connectivity index (χ4v) is 11.5. The number of benzene rings is 10. The average Bonchev–Trinajstić information content (AvgIpc) is 3.89. The van der Waals surface area contributed by atoms with Crippen LogP contribution in [0.15, 0.2) is 212 Å². The van der Waals surface area contributed by atoms with Gasteiger partial charge in [0, 0.05) is 57.4 Å². The number of anilines is 3. The summed E-state index contributed by atoms with van der Waals surface area (Å²) >= 11 is 3.76. The number of fused-ring (bicyclic) bond motifs is 9. The van der Waals surface area contributed by atoms with E-state index in [9.17, 15) is 0 Å². The highest BCUT2D eigenvalue weighted by Gasteiger charge is 2.17. The minimum absolute atomic E-state index is 1.11. The molecular formula is C56H35NS2. The van der Waals surface area contributed by atoms with Gasteiger partial charge in [0.25, 0.3) is 0 Å².